The van der Waals surface area contributed by atoms with Gasteiger partial charge in [-0.2, -0.15) is 5.10 Å². The number of carbonyl (C=O) groups is 1. The smallest absolute Gasteiger partial charge is 0.328 e. The van der Waals surface area contributed by atoms with Crippen LogP contribution in [0.5, 0.6) is 0 Å². The Labute approximate surface area is 93.9 Å². The first kappa shape index (κ1) is 12.0. The van der Waals surface area contributed by atoms with Gasteiger partial charge in [-0.3, -0.25) is 4.68 Å². The summed E-state index contributed by atoms with van der Waals surface area (Å²) in [7, 11) is 0. The van der Waals surface area contributed by atoms with Crippen LogP contribution < -0.4 is 0 Å². The second-order valence-corrected chi connectivity index (χ2v) is 3.95. The molecule has 0 saturated carbocycles. The average Bonchev–Trinajstić information content (AvgIpc) is 2.47. The lowest BCUT2D eigenvalue weighted by atomic mass is 10.1. The maximum absolute atomic E-state index is 11.0. The van der Waals surface area contributed by atoms with Crippen molar-refractivity contribution in [3.63, 3.8) is 0 Å². The number of carboxylic acid groups (broad SMARTS) is 1. The largest absolute Gasteiger partial charge is 0.480 e. The third-order valence-electron chi connectivity index (χ3n) is 2.29. The van der Waals surface area contributed by atoms with E-state index in [1.165, 1.54) is 4.68 Å². The second kappa shape index (κ2) is 5.16. The van der Waals surface area contributed by atoms with Crippen LogP contribution in [0.3, 0.4) is 0 Å². The molecule has 1 aromatic heterocycles. The molecular weight excluding hydrogens is 216 g/mol. The maximum Gasteiger partial charge on any atom is 0.328 e. The number of aryl methyl sites for hydroxylation is 1. The van der Waals surface area contributed by atoms with E-state index in [0.717, 1.165) is 12.8 Å². The van der Waals surface area contributed by atoms with Crippen molar-refractivity contribution in [3.8, 4) is 0 Å². The Hall–Kier alpha value is -1.03. The van der Waals surface area contributed by atoms with Crippen LogP contribution in [0.15, 0.2) is 6.20 Å². The van der Waals surface area contributed by atoms with Gasteiger partial charge in [0, 0.05) is 6.20 Å². The van der Waals surface area contributed by atoms with E-state index in [1.807, 2.05) is 6.92 Å². The molecule has 4 nitrogen and oxygen atoms in total. The lowest BCUT2D eigenvalue weighted by Crippen LogP contribution is -2.19. The first-order chi connectivity index (χ1) is 7.06. The Morgan fingerprint density at radius 2 is 2.40 bits per heavy atom. The highest BCUT2D eigenvalue weighted by molar-refractivity contribution is 6.31. The molecule has 0 saturated heterocycles. The van der Waals surface area contributed by atoms with Gasteiger partial charge in [0.1, 0.15) is 6.04 Å². The zero-order valence-electron chi connectivity index (χ0n) is 8.90. The van der Waals surface area contributed by atoms with Crippen molar-refractivity contribution in [2.45, 2.75) is 39.2 Å². The molecule has 1 unspecified atom stereocenters. The SMILES string of the molecule is CCCCC(C(=O)O)n1cc(Cl)c(C)n1. The van der Waals surface area contributed by atoms with E-state index in [4.69, 9.17) is 16.7 Å². The number of unbranched alkanes of at least 4 members (excludes halogenated alkanes) is 1. The van der Waals surface area contributed by atoms with Crippen molar-refractivity contribution in [3.05, 3.63) is 16.9 Å². The Bertz CT molecular complexity index is 330. The molecule has 0 fully saturated rings. The monoisotopic (exact) mass is 230 g/mol. The Morgan fingerprint density at radius 3 is 2.80 bits per heavy atom. The number of carboxylic acids is 1. The zero-order valence-corrected chi connectivity index (χ0v) is 9.66. The molecule has 0 spiro atoms. The van der Waals surface area contributed by atoms with Gasteiger partial charge < -0.3 is 5.11 Å². The predicted molar refractivity (Wildman–Crippen MR) is 58.2 cm³/mol. The molecule has 1 rings (SSSR count). The van der Waals surface area contributed by atoms with Crippen LogP contribution >= 0.6 is 11.6 Å². The van der Waals surface area contributed by atoms with E-state index in [1.54, 1.807) is 13.1 Å². The van der Waals surface area contributed by atoms with Crippen molar-refractivity contribution < 1.29 is 9.90 Å². The van der Waals surface area contributed by atoms with Gasteiger partial charge in [-0.15, -0.1) is 0 Å². The number of hydrogen-bond donors (Lipinski definition) is 1. The van der Waals surface area contributed by atoms with Crippen molar-refractivity contribution in [2.24, 2.45) is 0 Å². The van der Waals surface area contributed by atoms with Gasteiger partial charge in [-0.25, -0.2) is 4.79 Å². The van der Waals surface area contributed by atoms with E-state index < -0.39 is 12.0 Å². The predicted octanol–water partition coefficient (Wildman–Crippen LogP) is 2.66. The fourth-order valence-corrected chi connectivity index (χ4v) is 1.52. The summed E-state index contributed by atoms with van der Waals surface area (Å²) in [6.07, 6.45) is 4.00. The van der Waals surface area contributed by atoms with Crippen LogP contribution in [0.25, 0.3) is 0 Å². The summed E-state index contributed by atoms with van der Waals surface area (Å²) in [6, 6.07) is -0.601. The standard InChI is InChI=1S/C10H15ClN2O2/c1-3-4-5-9(10(14)15)13-6-8(11)7(2)12-13/h6,9H,3-5H2,1-2H3,(H,14,15). The van der Waals surface area contributed by atoms with Gasteiger partial charge in [0.15, 0.2) is 0 Å². The van der Waals surface area contributed by atoms with Crippen LogP contribution in [0.4, 0.5) is 0 Å². The van der Waals surface area contributed by atoms with Crippen LogP contribution in [0.2, 0.25) is 5.02 Å². The third-order valence-corrected chi connectivity index (χ3v) is 2.66. The highest BCUT2D eigenvalue weighted by Gasteiger charge is 2.20. The lowest BCUT2D eigenvalue weighted by molar-refractivity contribution is -0.141. The van der Waals surface area contributed by atoms with E-state index in [9.17, 15) is 4.79 Å². The minimum Gasteiger partial charge on any atom is -0.480 e. The van der Waals surface area contributed by atoms with Gasteiger partial charge >= 0.3 is 5.97 Å². The Morgan fingerprint density at radius 1 is 1.73 bits per heavy atom. The number of rotatable bonds is 5. The first-order valence-electron chi connectivity index (χ1n) is 5.00. The molecule has 84 valence electrons. The number of hydrogen-bond acceptors (Lipinski definition) is 2. The molecule has 0 radical (unpaired) electrons. The molecule has 1 N–H and O–H groups in total. The van der Waals surface area contributed by atoms with Crippen LogP contribution in [-0.2, 0) is 4.79 Å². The highest BCUT2D eigenvalue weighted by atomic mass is 35.5. The van der Waals surface area contributed by atoms with Crippen molar-refractivity contribution in [1.29, 1.82) is 0 Å². The van der Waals surface area contributed by atoms with E-state index in [-0.39, 0.29) is 0 Å². The van der Waals surface area contributed by atoms with E-state index in [0.29, 0.717) is 17.1 Å². The summed E-state index contributed by atoms with van der Waals surface area (Å²) in [6.45, 7) is 3.79. The van der Waals surface area contributed by atoms with Crippen LogP contribution in [0, 0.1) is 6.92 Å². The van der Waals surface area contributed by atoms with Gasteiger partial charge in [0.2, 0.25) is 0 Å². The average molecular weight is 231 g/mol. The van der Waals surface area contributed by atoms with Gasteiger partial charge in [-0.1, -0.05) is 31.4 Å². The summed E-state index contributed by atoms with van der Waals surface area (Å²) >= 11 is 5.84. The summed E-state index contributed by atoms with van der Waals surface area (Å²) in [5.74, 6) is -0.859. The van der Waals surface area contributed by atoms with E-state index in [2.05, 4.69) is 5.10 Å². The molecule has 0 amide bonds. The van der Waals surface area contributed by atoms with Crippen LogP contribution in [-0.4, -0.2) is 20.9 Å². The molecule has 1 heterocycles. The fourth-order valence-electron chi connectivity index (χ4n) is 1.39. The number of aliphatic carboxylic acids is 1. The van der Waals surface area contributed by atoms with Gasteiger partial charge in [0.25, 0.3) is 0 Å². The molecule has 1 aromatic rings. The lowest BCUT2D eigenvalue weighted by Gasteiger charge is -2.11. The third kappa shape index (κ3) is 2.96. The maximum atomic E-state index is 11.0. The number of halogens is 1. The van der Waals surface area contributed by atoms with E-state index >= 15 is 0 Å². The molecule has 0 aliphatic carbocycles. The summed E-state index contributed by atoms with van der Waals surface area (Å²) in [4.78, 5) is 11.0. The van der Waals surface area contributed by atoms with Gasteiger partial charge in [-0.05, 0) is 13.3 Å². The topological polar surface area (TPSA) is 55.1 Å². The van der Waals surface area contributed by atoms with Crippen molar-refractivity contribution in [2.75, 3.05) is 0 Å². The molecule has 5 heteroatoms. The molecule has 1 atom stereocenters. The number of nitrogens with zero attached hydrogens (tertiary/aromatic N) is 2. The second-order valence-electron chi connectivity index (χ2n) is 3.54. The Balaban J connectivity index is 2.84. The summed E-state index contributed by atoms with van der Waals surface area (Å²) in [5.41, 5.74) is 0.666. The highest BCUT2D eigenvalue weighted by Crippen LogP contribution is 2.19. The molecule has 15 heavy (non-hydrogen) atoms. The minimum atomic E-state index is -0.859. The molecule has 0 bridgehead atoms. The molecule has 0 aliphatic rings. The fraction of sp³-hybridized carbons (Fsp3) is 0.600. The quantitative estimate of drug-likeness (QED) is 0.846. The normalized spacial score (nSPS) is 12.7. The van der Waals surface area contributed by atoms with Crippen molar-refractivity contribution in [1.82, 2.24) is 9.78 Å². The Kier molecular flexibility index (Phi) is 4.15. The molecule has 0 aliphatic heterocycles. The molecule has 0 aromatic carbocycles. The minimum absolute atomic E-state index is 0.512. The first-order valence-corrected chi connectivity index (χ1v) is 5.38. The number of aromatic nitrogens is 2. The van der Waals surface area contributed by atoms with Crippen LogP contribution in [0.1, 0.15) is 37.9 Å². The molecular formula is C10H15ClN2O2. The van der Waals surface area contributed by atoms with Gasteiger partial charge in [0.05, 0.1) is 10.7 Å². The summed E-state index contributed by atoms with van der Waals surface area (Å²) < 4.78 is 1.44. The zero-order chi connectivity index (χ0) is 11.4. The van der Waals surface area contributed by atoms with Crippen molar-refractivity contribution >= 4 is 17.6 Å². The summed E-state index contributed by atoms with van der Waals surface area (Å²) in [5, 5.41) is 13.6.